The molecule has 130 valence electrons. The largest absolute Gasteiger partial charge is 0.395 e. The Morgan fingerprint density at radius 2 is 2.29 bits per heavy atom. The SMILES string of the molecule is CC1CCc2c(sc3nc(C(C)N4CCC[C@@H]4CO)[nH]c(=O)c23)C1. The first kappa shape index (κ1) is 16.2. The van der Waals surface area contributed by atoms with E-state index in [0.717, 1.165) is 54.7 Å². The van der Waals surface area contributed by atoms with Crippen molar-refractivity contribution in [3.63, 3.8) is 0 Å². The lowest BCUT2D eigenvalue weighted by atomic mass is 9.89. The number of aliphatic hydroxyl groups is 1. The maximum Gasteiger partial charge on any atom is 0.259 e. The number of thiophene rings is 1. The van der Waals surface area contributed by atoms with Crippen molar-refractivity contribution in [3.8, 4) is 0 Å². The summed E-state index contributed by atoms with van der Waals surface area (Å²) >= 11 is 1.70. The van der Waals surface area contributed by atoms with Crippen molar-refractivity contribution in [1.82, 2.24) is 14.9 Å². The molecule has 4 rings (SSSR count). The van der Waals surface area contributed by atoms with Gasteiger partial charge in [0.05, 0.1) is 18.0 Å². The molecule has 0 aromatic carbocycles. The molecular weight excluding hydrogens is 322 g/mol. The van der Waals surface area contributed by atoms with Gasteiger partial charge in [-0.1, -0.05) is 6.92 Å². The van der Waals surface area contributed by atoms with Crippen LogP contribution in [-0.4, -0.2) is 39.2 Å². The molecule has 0 bridgehead atoms. The maximum absolute atomic E-state index is 12.7. The third kappa shape index (κ3) is 2.61. The number of H-pyrrole nitrogens is 1. The molecule has 2 aliphatic rings. The summed E-state index contributed by atoms with van der Waals surface area (Å²) < 4.78 is 0. The van der Waals surface area contributed by atoms with Gasteiger partial charge in [0.1, 0.15) is 10.7 Å². The van der Waals surface area contributed by atoms with Crippen molar-refractivity contribution in [2.24, 2.45) is 5.92 Å². The summed E-state index contributed by atoms with van der Waals surface area (Å²) in [6.07, 6.45) is 5.32. The molecule has 0 radical (unpaired) electrons. The van der Waals surface area contributed by atoms with E-state index in [1.807, 2.05) is 0 Å². The predicted molar refractivity (Wildman–Crippen MR) is 96.7 cm³/mol. The Morgan fingerprint density at radius 3 is 3.08 bits per heavy atom. The molecule has 2 N–H and O–H groups in total. The van der Waals surface area contributed by atoms with E-state index in [0.29, 0.717) is 5.92 Å². The van der Waals surface area contributed by atoms with Gasteiger partial charge < -0.3 is 10.1 Å². The number of rotatable bonds is 3. The number of hydrogen-bond acceptors (Lipinski definition) is 5. The zero-order chi connectivity index (χ0) is 16.8. The lowest BCUT2D eigenvalue weighted by molar-refractivity contribution is 0.122. The number of aromatic nitrogens is 2. The molecule has 2 aromatic heterocycles. The first-order chi connectivity index (χ1) is 11.6. The van der Waals surface area contributed by atoms with Crippen molar-refractivity contribution in [2.75, 3.05) is 13.2 Å². The molecule has 6 heteroatoms. The summed E-state index contributed by atoms with van der Waals surface area (Å²) in [5.41, 5.74) is 1.24. The van der Waals surface area contributed by atoms with E-state index in [1.165, 1.54) is 10.4 Å². The zero-order valence-electron chi connectivity index (χ0n) is 14.3. The van der Waals surface area contributed by atoms with Crippen LogP contribution in [0.4, 0.5) is 0 Å². The molecule has 2 unspecified atom stereocenters. The van der Waals surface area contributed by atoms with Crippen LogP contribution in [0.25, 0.3) is 10.2 Å². The highest BCUT2D eigenvalue weighted by Gasteiger charge is 2.31. The van der Waals surface area contributed by atoms with Gasteiger partial charge in [-0.15, -0.1) is 11.3 Å². The summed E-state index contributed by atoms with van der Waals surface area (Å²) in [5, 5.41) is 10.4. The number of nitrogens with zero attached hydrogens (tertiary/aromatic N) is 2. The summed E-state index contributed by atoms with van der Waals surface area (Å²) in [6.45, 7) is 5.48. The van der Waals surface area contributed by atoms with E-state index in [4.69, 9.17) is 4.98 Å². The quantitative estimate of drug-likeness (QED) is 0.895. The van der Waals surface area contributed by atoms with Gasteiger partial charge in [0.25, 0.3) is 5.56 Å². The number of hydrogen-bond donors (Lipinski definition) is 2. The molecule has 5 nitrogen and oxygen atoms in total. The van der Waals surface area contributed by atoms with E-state index < -0.39 is 0 Å². The first-order valence-electron chi connectivity index (χ1n) is 8.99. The highest BCUT2D eigenvalue weighted by Crippen LogP contribution is 2.36. The Morgan fingerprint density at radius 1 is 1.46 bits per heavy atom. The Bertz CT molecular complexity index is 812. The Kier molecular flexibility index (Phi) is 4.22. The van der Waals surface area contributed by atoms with Crippen LogP contribution in [-0.2, 0) is 12.8 Å². The molecule has 0 saturated carbocycles. The number of nitrogens with one attached hydrogen (secondary N) is 1. The summed E-state index contributed by atoms with van der Waals surface area (Å²) in [6, 6.07) is 0.207. The molecular formula is C18H25N3O2S. The van der Waals surface area contributed by atoms with Crippen LogP contribution in [0.2, 0.25) is 0 Å². The molecule has 0 amide bonds. The molecule has 1 saturated heterocycles. The van der Waals surface area contributed by atoms with Gasteiger partial charge in [-0.3, -0.25) is 9.69 Å². The second-order valence-corrected chi connectivity index (χ2v) is 8.46. The average molecular weight is 347 g/mol. The van der Waals surface area contributed by atoms with E-state index in [9.17, 15) is 9.90 Å². The van der Waals surface area contributed by atoms with Crippen molar-refractivity contribution >= 4 is 21.6 Å². The number of fused-ring (bicyclic) bond motifs is 3. The minimum absolute atomic E-state index is 0.00801. The van der Waals surface area contributed by atoms with Crippen LogP contribution < -0.4 is 5.56 Å². The average Bonchev–Trinajstić information content (AvgIpc) is 3.17. The fourth-order valence-electron chi connectivity index (χ4n) is 4.28. The number of likely N-dealkylation sites (tertiary alicyclic amines) is 1. The van der Waals surface area contributed by atoms with Gasteiger partial charge in [0.2, 0.25) is 0 Å². The maximum atomic E-state index is 12.7. The molecule has 2 aromatic rings. The molecule has 24 heavy (non-hydrogen) atoms. The smallest absolute Gasteiger partial charge is 0.259 e. The Labute approximate surface area is 145 Å². The van der Waals surface area contributed by atoms with Gasteiger partial charge in [-0.25, -0.2) is 4.98 Å². The highest BCUT2D eigenvalue weighted by molar-refractivity contribution is 7.18. The van der Waals surface area contributed by atoms with E-state index in [1.54, 1.807) is 11.3 Å². The van der Waals surface area contributed by atoms with E-state index in [2.05, 4.69) is 23.7 Å². The van der Waals surface area contributed by atoms with Crippen molar-refractivity contribution in [2.45, 2.75) is 58.0 Å². The first-order valence-corrected chi connectivity index (χ1v) is 9.81. The monoisotopic (exact) mass is 347 g/mol. The normalized spacial score (nSPS) is 26.0. The van der Waals surface area contributed by atoms with Crippen molar-refractivity contribution < 1.29 is 5.11 Å². The zero-order valence-corrected chi connectivity index (χ0v) is 15.2. The predicted octanol–water partition coefficient (Wildman–Crippen LogP) is 2.63. The van der Waals surface area contributed by atoms with Gasteiger partial charge >= 0.3 is 0 Å². The summed E-state index contributed by atoms with van der Waals surface area (Å²) in [4.78, 5) is 25.1. The van der Waals surface area contributed by atoms with Crippen LogP contribution in [0.15, 0.2) is 4.79 Å². The molecule has 3 atom stereocenters. The minimum atomic E-state index is 0.00801. The summed E-state index contributed by atoms with van der Waals surface area (Å²) in [7, 11) is 0. The van der Waals surface area contributed by atoms with Crippen LogP contribution in [0.5, 0.6) is 0 Å². The molecule has 3 heterocycles. The Balaban J connectivity index is 1.74. The number of aliphatic hydroxyl groups excluding tert-OH is 1. The van der Waals surface area contributed by atoms with Gasteiger partial charge in [-0.2, -0.15) is 0 Å². The highest BCUT2D eigenvalue weighted by atomic mass is 32.1. The van der Waals surface area contributed by atoms with Crippen molar-refractivity contribution in [1.29, 1.82) is 0 Å². The second kappa shape index (κ2) is 6.24. The van der Waals surface area contributed by atoms with Gasteiger partial charge in [0.15, 0.2) is 0 Å². The minimum Gasteiger partial charge on any atom is -0.395 e. The van der Waals surface area contributed by atoms with Gasteiger partial charge in [0, 0.05) is 10.9 Å². The molecule has 1 aliphatic heterocycles. The lowest BCUT2D eigenvalue weighted by Gasteiger charge is -2.28. The van der Waals surface area contributed by atoms with Crippen molar-refractivity contribution in [3.05, 3.63) is 26.6 Å². The molecule has 1 fully saturated rings. The van der Waals surface area contributed by atoms with Crippen LogP contribution in [0, 0.1) is 5.92 Å². The third-order valence-corrected chi connectivity index (χ3v) is 6.86. The Hall–Kier alpha value is -1.24. The molecule has 1 aliphatic carbocycles. The third-order valence-electron chi connectivity index (χ3n) is 5.71. The summed E-state index contributed by atoms with van der Waals surface area (Å²) in [5.74, 6) is 1.43. The second-order valence-electron chi connectivity index (χ2n) is 7.38. The van der Waals surface area contributed by atoms with E-state index >= 15 is 0 Å². The van der Waals surface area contributed by atoms with Crippen LogP contribution in [0.1, 0.15) is 55.4 Å². The lowest BCUT2D eigenvalue weighted by Crippen LogP contribution is -2.36. The topological polar surface area (TPSA) is 69.2 Å². The van der Waals surface area contributed by atoms with E-state index in [-0.39, 0.29) is 24.2 Å². The van der Waals surface area contributed by atoms with Crippen LogP contribution in [0.3, 0.4) is 0 Å². The van der Waals surface area contributed by atoms with Gasteiger partial charge in [-0.05, 0) is 57.1 Å². The van der Waals surface area contributed by atoms with Crippen LogP contribution >= 0.6 is 11.3 Å². The molecule has 0 spiro atoms. The fourth-order valence-corrected chi connectivity index (χ4v) is 5.67. The number of aryl methyl sites for hydroxylation is 1. The fraction of sp³-hybridized carbons (Fsp3) is 0.667. The number of aromatic amines is 1. The standard InChI is InChI=1S/C18H25N3O2S/c1-10-5-6-13-14(8-10)24-18-15(13)17(23)19-16(20-18)11(2)21-7-3-4-12(21)9-22/h10-12,22H,3-9H2,1-2H3,(H,19,20,23)/t10?,11?,12-/m1/s1.